The molecule has 1 aliphatic heterocycles. The van der Waals surface area contributed by atoms with Gasteiger partial charge in [-0.2, -0.15) is 0 Å². The second kappa shape index (κ2) is 9.76. The summed E-state index contributed by atoms with van der Waals surface area (Å²) >= 11 is 0. The number of hydrogen-bond acceptors (Lipinski definition) is 4. The number of carbonyl (C=O) groups is 3. The summed E-state index contributed by atoms with van der Waals surface area (Å²) in [4.78, 5) is 38.7. The number of alkyl carbamates (subject to hydrolysis) is 1. The van der Waals surface area contributed by atoms with E-state index in [9.17, 15) is 14.4 Å². The van der Waals surface area contributed by atoms with Crippen LogP contribution in [0.4, 0.5) is 4.79 Å². The maximum absolute atomic E-state index is 13.3. The van der Waals surface area contributed by atoms with Crippen LogP contribution in [0.15, 0.2) is 24.3 Å². The fourth-order valence-corrected chi connectivity index (χ4v) is 3.42. The van der Waals surface area contributed by atoms with Crippen molar-refractivity contribution in [3.63, 3.8) is 0 Å². The first kappa shape index (κ1) is 22.7. The molecule has 2 rings (SSSR count). The van der Waals surface area contributed by atoms with Gasteiger partial charge in [0.05, 0.1) is 5.92 Å². The van der Waals surface area contributed by atoms with Gasteiger partial charge in [0.15, 0.2) is 0 Å². The maximum atomic E-state index is 13.3. The van der Waals surface area contributed by atoms with Gasteiger partial charge in [-0.15, -0.1) is 0 Å². The Labute approximate surface area is 173 Å². The minimum Gasteiger partial charge on any atom is -0.444 e. The molecular formula is C22H33N3O4. The maximum Gasteiger partial charge on any atom is 0.407 e. The number of hydrogen-bond donors (Lipinski definition) is 2. The van der Waals surface area contributed by atoms with Crippen LogP contribution in [0.25, 0.3) is 0 Å². The highest BCUT2D eigenvalue weighted by atomic mass is 16.6. The lowest BCUT2D eigenvalue weighted by Gasteiger charge is -2.33. The summed E-state index contributed by atoms with van der Waals surface area (Å²) in [6.07, 6.45) is 1.86. The van der Waals surface area contributed by atoms with Crippen molar-refractivity contribution < 1.29 is 19.1 Å². The number of carbonyl (C=O) groups excluding carboxylic acids is 3. The van der Waals surface area contributed by atoms with Crippen LogP contribution in [0, 0.1) is 5.92 Å². The van der Waals surface area contributed by atoms with Crippen molar-refractivity contribution in [1.82, 2.24) is 10.2 Å². The molecule has 1 unspecified atom stereocenters. The smallest absolute Gasteiger partial charge is 0.407 e. The van der Waals surface area contributed by atoms with Crippen molar-refractivity contribution in [3.8, 4) is 0 Å². The van der Waals surface area contributed by atoms with E-state index in [1.807, 2.05) is 11.0 Å². The van der Waals surface area contributed by atoms with Gasteiger partial charge in [0.2, 0.25) is 11.8 Å². The third-order valence-corrected chi connectivity index (χ3v) is 5.07. The monoisotopic (exact) mass is 403 g/mol. The SMILES string of the molecule is CC1CCN(C(=O)C(CCNC(=O)OC(C)(C)C)c2cccc(C(N)=O)c2)CC1. The molecular weight excluding hydrogens is 370 g/mol. The van der Waals surface area contributed by atoms with Crippen LogP contribution in [0.2, 0.25) is 0 Å². The van der Waals surface area contributed by atoms with Gasteiger partial charge in [0.1, 0.15) is 5.60 Å². The van der Waals surface area contributed by atoms with E-state index >= 15 is 0 Å². The van der Waals surface area contributed by atoms with Crippen LogP contribution in [0.3, 0.4) is 0 Å². The van der Waals surface area contributed by atoms with Crippen LogP contribution < -0.4 is 11.1 Å². The molecule has 29 heavy (non-hydrogen) atoms. The van der Waals surface area contributed by atoms with Gasteiger partial charge in [-0.05, 0) is 63.6 Å². The highest BCUT2D eigenvalue weighted by Gasteiger charge is 2.29. The Kier molecular flexibility index (Phi) is 7.65. The quantitative estimate of drug-likeness (QED) is 0.762. The van der Waals surface area contributed by atoms with E-state index in [2.05, 4.69) is 12.2 Å². The fourth-order valence-electron chi connectivity index (χ4n) is 3.42. The largest absolute Gasteiger partial charge is 0.444 e. The van der Waals surface area contributed by atoms with Crippen LogP contribution in [-0.2, 0) is 9.53 Å². The highest BCUT2D eigenvalue weighted by Crippen LogP contribution is 2.26. The van der Waals surface area contributed by atoms with Gasteiger partial charge in [-0.3, -0.25) is 9.59 Å². The number of benzene rings is 1. The number of likely N-dealkylation sites (tertiary alicyclic amines) is 1. The average molecular weight is 404 g/mol. The summed E-state index contributed by atoms with van der Waals surface area (Å²) in [5, 5.41) is 2.72. The van der Waals surface area contributed by atoms with E-state index < -0.39 is 23.5 Å². The number of rotatable bonds is 6. The molecule has 0 bridgehead atoms. The second-order valence-corrected chi connectivity index (χ2v) is 8.77. The van der Waals surface area contributed by atoms with E-state index in [4.69, 9.17) is 10.5 Å². The summed E-state index contributed by atoms with van der Waals surface area (Å²) in [6.45, 7) is 9.33. The Morgan fingerprint density at radius 2 is 1.90 bits per heavy atom. The summed E-state index contributed by atoms with van der Waals surface area (Å²) < 4.78 is 5.26. The molecule has 7 heteroatoms. The summed E-state index contributed by atoms with van der Waals surface area (Å²) in [7, 11) is 0. The molecule has 3 N–H and O–H groups in total. The molecule has 1 heterocycles. The summed E-state index contributed by atoms with van der Waals surface area (Å²) in [5.41, 5.74) is 5.92. The Morgan fingerprint density at radius 3 is 2.48 bits per heavy atom. The third kappa shape index (κ3) is 7.07. The van der Waals surface area contributed by atoms with Crippen molar-refractivity contribution in [1.29, 1.82) is 0 Å². The lowest BCUT2D eigenvalue weighted by Crippen LogP contribution is -2.41. The van der Waals surface area contributed by atoms with Gasteiger partial charge in [-0.1, -0.05) is 19.1 Å². The highest BCUT2D eigenvalue weighted by molar-refractivity contribution is 5.93. The number of ether oxygens (including phenoxy) is 1. The number of nitrogens with two attached hydrogens (primary N) is 1. The Balaban J connectivity index is 2.13. The first-order valence-corrected chi connectivity index (χ1v) is 10.2. The van der Waals surface area contributed by atoms with Gasteiger partial charge in [0.25, 0.3) is 0 Å². The minimum absolute atomic E-state index is 0.0181. The Hall–Kier alpha value is -2.57. The topological polar surface area (TPSA) is 102 Å². The Morgan fingerprint density at radius 1 is 1.24 bits per heavy atom. The normalized spacial score (nSPS) is 16.2. The van der Waals surface area contributed by atoms with Crippen LogP contribution in [-0.4, -0.2) is 48.0 Å². The fraction of sp³-hybridized carbons (Fsp3) is 0.591. The molecule has 1 saturated heterocycles. The molecule has 7 nitrogen and oxygen atoms in total. The van der Waals surface area contributed by atoms with E-state index in [0.29, 0.717) is 17.9 Å². The molecule has 0 radical (unpaired) electrons. The van der Waals surface area contributed by atoms with Crippen LogP contribution in [0.5, 0.6) is 0 Å². The lowest BCUT2D eigenvalue weighted by atomic mass is 9.91. The minimum atomic E-state index is -0.584. The molecule has 1 aromatic rings. The van der Waals surface area contributed by atoms with E-state index in [0.717, 1.165) is 31.5 Å². The zero-order valence-corrected chi connectivity index (χ0v) is 17.9. The Bertz CT molecular complexity index is 734. The molecule has 0 aliphatic carbocycles. The molecule has 1 aromatic carbocycles. The van der Waals surface area contributed by atoms with E-state index in [-0.39, 0.29) is 12.5 Å². The number of nitrogens with zero attached hydrogens (tertiary/aromatic N) is 1. The van der Waals surface area contributed by atoms with Gasteiger partial charge >= 0.3 is 6.09 Å². The van der Waals surface area contributed by atoms with Gasteiger partial charge in [0, 0.05) is 25.2 Å². The predicted octanol–water partition coefficient (Wildman–Crippen LogP) is 3.04. The van der Waals surface area contributed by atoms with Crippen molar-refractivity contribution in [3.05, 3.63) is 35.4 Å². The molecule has 1 fully saturated rings. The molecule has 1 aliphatic rings. The van der Waals surface area contributed by atoms with Crippen molar-refractivity contribution >= 4 is 17.9 Å². The standard InChI is InChI=1S/C22H33N3O4/c1-15-9-12-25(13-10-15)20(27)18(8-11-24-21(28)29-22(2,3)4)16-6-5-7-17(14-16)19(23)26/h5-7,14-15,18H,8-13H2,1-4H3,(H2,23,26)(H,24,28). The molecule has 0 aromatic heterocycles. The number of primary amides is 1. The van der Waals surface area contributed by atoms with Crippen molar-refractivity contribution in [2.45, 2.75) is 58.5 Å². The third-order valence-electron chi connectivity index (χ3n) is 5.07. The zero-order chi connectivity index (χ0) is 21.6. The van der Waals surface area contributed by atoms with E-state index in [1.165, 1.54) is 0 Å². The van der Waals surface area contributed by atoms with Gasteiger partial charge in [-0.25, -0.2) is 4.79 Å². The van der Waals surface area contributed by atoms with Gasteiger partial charge < -0.3 is 20.7 Å². The van der Waals surface area contributed by atoms with Crippen LogP contribution in [0.1, 0.15) is 68.8 Å². The molecule has 160 valence electrons. The first-order valence-electron chi connectivity index (χ1n) is 10.2. The first-order chi connectivity index (χ1) is 13.6. The van der Waals surface area contributed by atoms with Crippen molar-refractivity contribution in [2.75, 3.05) is 19.6 Å². The molecule has 0 saturated carbocycles. The number of amides is 3. The van der Waals surface area contributed by atoms with Crippen molar-refractivity contribution in [2.24, 2.45) is 11.7 Å². The lowest BCUT2D eigenvalue weighted by molar-refractivity contribution is -0.134. The predicted molar refractivity (Wildman–Crippen MR) is 112 cm³/mol. The molecule has 0 spiro atoms. The zero-order valence-electron chi connectivity index (χ0n) is 17.9. The second-order valence-electron chi connectivity index (χ2n) is 8.77. The summed E-state index contributed by atoms with van der Waals surface area (Å²) in [6, 6.07) is 6.87. The van der Waals surface area contributed by atoms with E-state index in [1.54, 1.807) is 39.0 Å². The molecule has 1 atom stereocenters. The average Bonchev–Trinajstić information content (AvgIpc) is 2.64. The molecule has 3 amide bonds. The van der Waals surface area contributed by atoms with Crippen LogP contribution >= 0.6 is 0 Å². The summed E-state index contributed by atoms with van der Waals surface area (Å²) in [5.74, 6) is -0.358. The number of nitrogens with one attached hydrogen (secondary N) is 1. The number of piperidine rings is 1.